The minimum Gasteiger partial charge on any atom is -0.312 e. The third-order valence-electron chi connectivity index (χ3n) is 5.84. The Hall–Kier alpha value is -2.84. The van der Waals surface area contributed by atoms with E-state index in [1.807, 2.05) is 12.1 Å². The van der Waals surface area contributed by atoms with Crippen LogP contribution in [0, 0.1) is 32.1 Å². The molecule has 2 N–H and O–H groups in total. The van der Waals surface area contributed by atoms with Gasteiger partial charge in [0.15, 0.2) is 0 Å². The van der Waals surface area contributed by atoms with Crippen molar-refractivity contribution in [3.8, 4) is 0 Å². The summed E-state index contributed by atoms with van der Waals surface area (Å²) in [4.78, 5) is 21.5. The van der Waals surface area contributed by atoms with Crippen LogP contribution in [-0.2, 0) is 13.1 Å². The highest BCUT2D eigenvalue weighted by Gasteiger charge is 2.21. The lowest BCUT2D eigenvalue weighted by Crippen LogP contribution is -2.30. The Labute approximate surface area is 176 Å². The van der Waals surface area contributed by atoms with E-state index in [4.69, 9.17) is 0 Å². The highest BCUT2D eigenvalue weighted by atomic mass is 16.6. The van der Waals surface area contributed by atoms with E-state index in [-0.39, 0.29) is 21.2 Å². The van der Waals surface area contributed by atoms with Crippen molar-refractivity contribution >= 4 is 11.4 Å². The van der Waals surface area contributed by atoms with Crippen LogP contribution >= 0.6 is 0 Å². The fourth-order valence-electron chi connectivity index (χ4n) is 4.14. The van der Waals surface area contributed by atoms with Crippen LogP contribution in [0.5, 0.6) is 0 Å². The van der Waals surface area contributed by atoms with Crippen LogP contribution < -0.4 is 10.6 Å². The molecule has 1 saturated carbocycles. The zero-order valence-electron chi connectivity index (χ0n) is 17.0. The molecule has 0 saturated heterocycles. The molecule has 0 unspecified atom stereocenters. The maximum atomic E-state index is 11.1. The molecule has 30 heavy (non-hydrogen) atoms. The monoisotopic (exact) mass is 412 g/mol. The summed E-state index contributed by atoms with van der Waals surface area (Å²) in [5, 5.41) is 28.9. The van der Waals surface area contributed by atoms with E-state index in [0.717, 1.165) is 49.9 Å². The molecule has 0 radical (unpaired) electrons. The maximum absolute atomic E-state index is 11.1. The molecule has 2 aromatic rings. The summed E-state index contributed by atoms with van der Waals surface area (Å²) in [5.41, 5.74) is 1.77. The molecule has 2 aromatic carbocycles. The van der Waals surface area contributed by atoms with Crippen molar-refractivity contribution in [2.24, 2.45) is 11.8 Å². The molecule has 0 aliphatic heterocycles. The average molecular weight is 412 g/mol. The molecule has 3 rings (SSSR count). The summed E-state index contributed by atoms with van der Waals surface area (Å²) in [6.07, 6.45) is 4.51. The van der Waals surface area contributed by atoms with Gasteiger partial charge in [-0.05, 0) is 50.6 Å². The fraction of sp³-hybridized carbons (Fsp3) is 0.455. The van der Waals surface area contributed by atoms with E-state index in [0.29, 0.717) is 24.9 Å². The van der Waals surface area contributed by atoms with Crippen molar-refractivity contribution < 1.29 is 9.85 Å². The van der Waals surface area contributed by atoms with Crippen LogP contribution in [0.25, 0.3) is 0 Å². The first kappa shape index (κ1) is 21.9. The van der Waals surface area contributed by atoms with Gasteiger partial charge in [0.25, 0.3) is 11.4 Å². The number of hydrogen-bond acceptors (Lipinski definition) is 6. The summed E-state index contributed by atoms with van der Waals surface area (Å²) >= 11 is 0. The lowest BCUT2D eigenvalue weighted by atomic mass is 9.82. The van der Waals surface area contributed by atoms with E-state index in [1.165, 1.54) is 0 Å². The number of rotatable bonds is 10. The zero-order valence-corrected chi connectivity index (χ0v) is 17.0. The summed E-state index contributed by atoms with van der Waals surface area (Å²) in [7, 11) is 0. The third-order valence-corrected chi connectivity index (χ3v) is 5.84. The molecule has 160 valence electrons. The second-order valence-corrected chi connectivity index (χ2v) is 7.92. The zero-order chi connectivity index (χ0) is 21.3. The molecule has 8 nitrogen and oxygen atoms in total. The van der Waals surface area contributed by atoms with Gasteiger partial charge in [-0.2, -0.15) is 0 Å². The second-order valence-electron chi connectivity index (χ2n) is 7.92. The average Bonchev–Trinajstić information content (AvgIpc) is 2.75. The molecule has 1 aliphatic rings. The van der Waals surface area contributed by atoms with Crippen LogP contribution in [0.3, 0.4) is 0 Å². The van der Waals surface area contributed by atoms with Crippen molar-refractivity contribution in [3.05, 3.63) is 79.9 Å². The summed E-state index contributed by atoms with van der Waals surface area (Å²) in [6.45, 7) is 2.74. The topological polar surface area (TPSA) is 110 Å². The summed E-state index contributed by atoms with van der Waals surface area (Å²) < 4.78 is 0. The van der Waals surface area contributed by atoms with E-state index < -0.39 is 0 Å². The van der Waals surface area contributed by atoms with Crippen LogP contribution in [0.4, 0.5) is 11.4 Å². The lowest BCUT2D eigenvalue weighted by Gasteiger charge is -2.29. The number of hydrogen-bond donors (Lipinski definition) is 2. The fourth-order valence-corrected chi connectivity index (χ4v) is 4.14. The van der Waals surface area contributed by atoms with Crippen LogP contribution in [0.15, 0.2) is 48.5 Å². The number of nitrogens with zero attached hydrogens (tertiary/aromatic N) is 2. The van der Waals surface area contributed by atoms with Crippen molar-refractivity contribution in [2.75, 3.05) is 13.1 Å². The van der Waals surface area contributed by atoms with E-state index in [2.05, 4.69) is 10.6 Å². The minimum absolute atomic E-state index is 0.165. The molecule has 0 amide bonds. The van der Waals surface area contributed by atoms with Gasteiger partial charge in [0.2, 0.25) is 0 Å². The SMILES string of the molecule is O=[N+]([O-])c1ccccc1CNCC1CCC(CNCc2ccccc2[N+](=O)[O-])CC1. The predicted octanol–water partition coefficient (Wildman–Crippen LogP) is 4.19. The highest BCUT2D eigenvalue weighted by molar-refractivity contribution is 5.40. The quantitative estimate of drug-likeness (QED) is 0.447. The summed E-state index contributed by atoms with van der Waals surface area (Å²) in [5.74, 6) is 1.17. The molecule has 0 spiro atoms. The van der Waals surface area contributed by atoms with Crippen molar-refractivity contribution in [2.45, 2.75) is 38.8 Å². The number of para-hydroxylation sites is 2. The molecular weight excluding hydrogens is 384 g/mol. The van der Waals surface area contributed by atoms with E-state index in [9.17, 15) is 20.2 Å². The number of nitrogens with one attached hydrogen (secondary N) is 2. The van der Waals surface area contributed by atoms with Crippen molar-refractivity contribution in [1.82, 2.24) is 10.6 Å². The first-order valence-corrected chi connectivity index (χ1v) is 10.4. The largest absolute Gasteiger partial charge is 0.312 e. The van der Waals surface area contributed by atoms with Gasteiger partial charge in [0.05, 0.1) is 9.85 Å². The first-order valence-electron chi connectivity index (χ1n) is 10.4. The Morgan fingerprint density at radius 1 is 0.700 bits per heavy atom. The van der Waals surface area contributed by atoms with Gasteiger partial charge in [0, 0.05) is 36.3 Å². The number of nitro benzene ring substituents is 2. The Morgan fingerprint density at radius 2 is 1.07 bits per heavy atom. The number of benzene rings is 2. The van der Waals surface area contributed by atoms with Gasteiger partial charge in [-0.1, -0.05) is 36.4 Å². The van der Waals surface area contributed by atoms with Gasteiger partial charge in [0.1, 0.15) is 0 Å². The van der Waals surface area contributed by atoms with Crippen LogP contribution in [0.2, 0.25) is 0 Å². The Morgan fingerprint density at radius 3 is 1.43 bits per heavy atom. The van der Waals surface area contributed by atoms with Crippen molar-refractivity contribution in [3.63, 3.8) is 0 Å². The molecule has 8 heteroatoms. The first-order chi connectivity index (χ1) is 14.5. The number of nitro groups is 2. The maximum Gasteiger partial charge on any atom is 0.273 e. The predicted molar refractivity (Wildman–Crippen MR) is 115 cm³/mol. The molecule has 1 aliphatic carbocycles. The van der Waals surface area contributed by atoms with Crippen LogP contribution in [-0.4, -0.2) is 22.9 Å². The summed E-state index contributed by atoms with van der Waals surface area (Å²) in [6, 6.07) is 13.7. The molecule has 0 aromatic heterocycles. The Bertz CT molecular complexity index is 794. The molecule has 0 heterocycles. The van der Waals surface area contributed by atoms with Gasteiger partial charge < -0.3 is 10.6 Å². The van der Waals surface area contributed by atoms with E-state index >= 15 is 0 Å². The molecule has 0 bridgehead atoms. The molecule has 1 fully saturated rings. The second kappa shape index (κ2) is 10.8. The highest BCUT2D eigenvalue weighted by Crippen LogP contribution is 2.28. The third kappa shape index (κ3) is 6.08. The molecule has 0 atom stereocenters. The lowest BCUT2D eigenvalue weighted by molar-refractivity contribution is -0.385. The van der Waals surface area contributed by atoms with Gasteiger partial charge in [-0.3, -0.25) is 20.2 Å². The minimum atomic E-state index is -0.334. The van der Waals surface area contributed by atoms with Gasteiger partial charge in [-0.15, -0.1) is 0 Å². The normalized spacial score (nSPS) is 18.8. The standard InChI is InChI=1S/C22H28N4O4/c27-25(28)21-7-3-1-5-19(21)15-23-13-17-9-11-18(12-10-17)14-24-16-20-6-2-4-8-22(20)26(29)30/h1-8,17-18,23-24H,9-16H2. The smallest absolute Gasteiger partial charge is 0.273 e. The van der Waals surface area contributed by atoms with Crippen LogP contribution in [0.1, 0.15) is 36.8 Å². The van der Waals surface area contributed by atoms with Crippen molar-refractivity contribution in [1.29, 1.82) is 0 Å². The van der Waals surface area contributed by atoms with E-state index in [1.54, 1.807) is 36.4 Å². The Kier molecular flexibility index (Phi) is 7.87. The van der Waals surface area contributed by atoms with Gasteiger partial charge in [-0.25, -0.2) is 0 Å². The van der Waals surface area contributed by atoms with Gasteiger partial charge >= 0.3 is 0 Å². The molecular formula is C22H28N4O4. The Balaban J connectivity index is 1.36.